The maximum absolute atomic E-state index is 5.46. The molecule has 0 saturated heterocycles. The van der Waals surface area contributed by atoms with Gasteiger partial charge in [0.05, 0.1) is 7.11 Å². The Balaban J connectivity index is 2.95. The summed E-state index contributed by atoms with van der Waals surface area (Å²) in [5.41, 5.74) is 2.66. The van der Waals surface area contributed by atoms with Crippen molar-refractivity contribution < 1.29 is 4.74 Å². The molecule has 96 valence electrons. The van der Waals surface area contributed by atoms with Crippen LogP contribution in [-0.4, -0.2) is 7.11 Å². The summed E-state index contributed by atoms with van der Waals surface area (Å²) in [6, 6.07) is 6.46. The Morgan fingerprint density at radius 3 is 2.12 bits per heavy atom. The van der Waals surface area contributed by atoms with Crippen molar-refractivity contribution in [1.29, 1.82) is 0 Å². The number of benzene rings is 1. The molecule has 1 nitrogen and oxygen atoms in total. The summed E-state index contributed by atoms with van der Waals surface area (Å²) < 4.78 is 5.46. The van der Waals surface area contributed by atoms with Crippen molar-refractivity contribution >= 4 is 0 Å². The molecule has 0 aliphatic rings. The van der Waals surface area contributed by atoms with Crippen molar-refractivity contribution in [1.82, 2.24) is 0 Å². The summed E-state index contributed by atoms with van der Waals surface area (Å²) in [6.07, 6.45) is 1.11. The van der Waals surface area contributed by atoms with Crippen LogP contribution in [0, 0.1) is 24.7 Å². The van der Waals surface area contributed by atoms with E-state index in [2.05, 4.69) is 52.8 Å². The van der Waals surface area contributed by atoms with Crippen molar-refractivity contribution in [2.45, 2.75) is 41.0 Å². The van der Waals surface area contributed by atoms with E-state index >= 15 is 0 Å². The Morgan fingerprint density at radius 2 is 1.65 bits per heavy atom. The second-order valence-corrected chi connectivity index (χ2v) is 5.67. The average molecular weight is 234 g/mol. The van der Waals surface area contributed by atoms with E-state index in [4.69, 9.17) is 4.74 Å². The van der Waals surface area contributed by atoms with Gasteiger partial charge in [0.1, 0.15) is 5.75 Å². The molecule has 0 aliphatic carbocycles. The zero-order chi connectivity index (χ0) is 13.0. The van der Waals surface area contributed by atoms with Crippen molar-refractivity contribution in [2.75, 3.05) is 7.11 Å². The molecule has 1 aromatic carbocycles. The zero-order valence-electron chi connectivity index (χ0n) is 12.1. The molecule has 1 aromatic rings. The molecule has 0 N–H and O–H groups in total. The number of hydrogen-bond donors (Lipinski definition) is 0. The normalized spacial score (nSPS) is 11.6. The van der Waals surface area contributed by atoms with Crippen LogP contribution in [-0.2, 0) is 6.42 Å². The van der Waals surface area contributed by atoms with E-state index in [1.807, 2.05) is 0 Å². The molecule has 0 heterocycles. The third kappa shape index (κ3) is 3.76. The number of rotatable bonds is 5. The lowest BCUT2D eigenvalue weighted by molar-refractivity contribution is 0.282. The summed E-state index contributed by atoms with van der Waals surface area (Å²) >= 11 is 0. The highest BCUT2D eigenvalue weighted by Gasteiger charge is 2.19. The summed E-state index contributed by atoms with van der Waals surface area (Å²) in [5.74, 6) is 3.16. The van der Waals surface area contributed by atoms with Gasteiger partial charge in [-0.15, -0.1) is 0 Å². The summed E-state index contributed by atoms with van der Waals surface area (Å²) in [4.78, 5) is 0. The van der Waals surface area contributed by atoms with Crippen molar-refractivity contribution in [2.24, 2.45) is 17.8 Å². The van der Waals surface area contributed by atoms with Gasteiger partial charge in [-0.3, -0.25) is 0 Å². The van der Waals surface area contributed by atoms with E-state index in [-0.39, 0.29) is 0 Å². The van der Waals surface area contributed by atoms with Gasteiger partial charge in [0.15, 0.2) is 0 Å². The lowest BCUT2D eigenvalue weighted by atomic mass is 9.80. The largest absolute Gasteiger partial charge is 0.496 e. The highest BCUT2D eigenvalue weighted by Crippen LogP contribution is 2.29. The Bertz CT molecular complexity index is 345. The van der Waals surface area contributed by atoms with Gasteiger partial charge in [-0.2, -0.15) is 0 Å². The van der Waals surface area contributed by atoms with E-state index in [0.29, 0.717) is 17.8 Å². The maximum Gasteiger partial charge on any atom is 0.122 e. The first-order valence-electron chi connectivity index (χ1n) is 6.59. The Labute approximate surface area is 106 Å². The molecule has 0 aliphatic heterocycles. The Kier molecular flexibility index (Phi) is 5.04. The van der Waals surface area contributed by atoms with Crippen LogP contribution in [0.4, 0.5) is 0 Å². The van der Waals surface area contributed by atoms with Crippen molar-refractivity contribution in [3.63, 3.8) is 0 Å². The van der Waals surface area contributed by atoms with E-state index < -0.39 is 0 Å². The quantitative estimate of drug-likeness (QED) is 0.730. The predicted molar refractivity (Wildman–Crippen MR) is 74.6 cm³/mol. The van der Waals surface area contributed by atoms with Crippen LogP contribution in [0.25, 0.3) is 0 Å². The number of ether oxygens (including phenoxy) is 1. The van der Waals surface area contributed by atoms with Crippen LogP contribution in [0.5, 0.6) is 5.75 Å². The average Bonchev–Trinajstić information content (AvgIpc) is 2.25. The van der Waals surface area contributed by atoms with Gasteiger partial charge >= 0.3 is 0 Å². The third-order valence-electron chi connectivity index (χ3n) is 3.60. The first kappa shape index (κ1) is 14.1. The lowest BCUT2D eigenvalue weighted by Gasteiger charge is -2.25. The monoisotopic (exact) mass is 234 g/mol. The second-order valence-electron chi connectivity index (χ2n) is 5.67. The van der Waals surface area contributed by atoms with E-state index in [1.54, 1.807) is 7.11 Å². The highest BCUT2D eigenvalue weighted by molar-refractivity contribution is 5.37. The first-order valence-corrected chi connectivity index (χ1v) is 6.59. The minimum absolute atomic E-state index is 0.709. The second kappa shape index (κ2) is 6.09. The molecule has 0 radical (unpaired) electrons. The molecule has 1 rings (SSSR count). The summed E-state index contributed by atoms with van der Waals surface area (Å²) in [5, 5.41) is 0. The Morgan fingerprint density at radius 1 is 1.06 bits per heavy atom. The SMILES string of the molecule is COc1ccc(C)cc1CC(C(C)C)C(C)C. The van der Waals surface area contributed by atoms with Gasteiger partial charge in [-0.25, -0.2) is 0 Å². The van der Waals surface area contributed by atoms with E-state index in [1.165, 1.54) is 11.1 Å². The van der Waals surface area contributed by atoms with Crippen LogP contribution in [0.15, 0.2) is 18.2 Å². The molecule has 0 bridgehead atoms. The molecule has 0 atom stereocenters. The van der Waals surface area contributed by atoms with Crippen molar-refractivity contribution in [3.8, 4) is 5.75 Å². The van der Waals surface area contributed by atoms with Crippen LogP contribution >= 0.6 is 0 Å². The van der Waals surface area contributed by atoms with Crippen LogP contribution in [0.2, 0.25) is 0 Å². The minimum atomic E-state index is 0.709. The fourth-order valence-electron chi connectivity index (χ4n) is 2.56. The number of aryl methyl sites for hydroxylation is 1. The standard InChI is InChI=1S/C16H26O/c1-11(2)15(12(3)4)10-14-9-13(5)7-8-16(14)17-6/h7-9,11-12,15H,10H2,1-6H3. The molecular formula is C16H26O. The molecule has 0 fully saturated rings. The van der Waals surface area contributed by atoms with Gasteiger partial charge in [0.2, 0.25) is 0 Å². The zero-order valence-corrected chi connectivity index (χ0v) is 12.1. The highest BCUT2D eigenvalue weighted by atomic mass is 16.5. The Hall–Kier alpha value is -0.980. The van der Waals surface area contributed by atoms with Crippen LogP contribution in [0.1, 0.15) is 38.8 Å². The summed E-state index contributed by atoms with van der Waals surface area (Å²) in [6.45, 7) is 11.4. The topological polar surface area (TPSA) is 9.23 Å². The van der Waals surface area contributed by atoms with Gasteiger partial charge < -0.3 is 4.74 Å². The fraction of sp³-hybridized carbons (Fsp3) is 0.625. The minimum Gasteiger partial charge on any atom is -0.496 e. The predicted octanol–water partition coefficient (Wildman–Crippen LogP) is 4.47. The maximum atomic E-state index is 5.46. The first-order chi connectivity index (χ1) is 7.95. The lowest BCUT2D eigenvalue weighted by Crippen LogP contribution is -2.18. The molecule has 0 aromatic heterocycles. The molecule has 0 spiro atoms. The number of methoxy groups -OCH3 is 1. The summed E-state index contributed by atoms with van der Waals surface area (Å²) in [7, 11) is 1.76. The van der Waals surface area contributed by atoms with Crippen LogP contribution in [0.3, 0.4) is 0 Å². The van der Waals surface area contributed by atoms with Crippen LogP contribution < -0.4 is 4.74 Å². The molecule has 0 unspecified atom stereocenters. The molecular weight excluding hydrogens is 208 g/mol. The van der Waals surface area contributed by atoms with Crippen molar-refractivity contribution in [3.05, 3.63) is 29.3 Å². The van der Waals surface area contributed by atoms with Gasteiger partial charge in [0, 0.05) is 0 Å². The fourth-order valence-corrected chi connectivity index (χ4v) is 2.56. The molecule has 0 amide bonds. The smallest absolute Gasteiger partial charge is 0.122 e. The van der Waals surface area contributed by atoms with E-state index in [9.17, 15) is 0 Å². The number of hydrogen-bond acceptors (Lipinski definition) is 1. The third-order valence-corrected chi connectivity index (χ3v) is 3.60. The van der Waals surface area contributed by atoms with E-state index in [0.717, 1.165) is 12.2 Å². The molecule has 0 saturated carbocycles. The van der Waals surface area contributed by atoms with Gasteiger partial charge in [-0.05, 0) is 42.7 Å². The van der Waals surface area contributed by atoms with Gasteiger partial charge in [0.25, 0.3) is 0 Å². The van der Waals surface area contributed by atoms with Gasteiger partial charge in [-0.1, -0.05) is 45.4 Å². The molecule has 17 heavy (non-hydrogen) atoms. The molecule has 1 heteroatoms.